The van der Waals surface area contributed by atoms with Crippen LogP contribution in [0.25, 0.3) is 0 Å². The smallest absolute Gasteiger partial charge is 0.242 e. The zero-order chi connectivity index (χ0) is 13.4. The third-order valence-corrected chi connectivity index (χ3v) is 3.25. The lowest BCUT2D eigenvalue weighted by Crippen LogP contribution is -2.45. The van der Waals surface area contributed by atoms with Crippen molar-refractivity contribution in [2.24, 2.45) is 0 Å². The summed E-state index contributed by atoms with van der Waals surface area (Å²) in [4.78, 5) is 23.1. The van der Waals surface area contributed by atoms with E-state index in [0.717, 1.165) is 19.4 Å². The topological polar surface area (TPSA) is 70.2 Å². The van der Waals surface area contributed by atoms with Gasteiger partial charge in [-0.3, -0.25) is 9.59 Å². The Hall–Kier alpha value is -1.10. The van der Waals surface area contributed by atoms with Crippen LogP contribution in [0.1, 0.15) is 46.0 Å². The summed E-state index contributed by atoms with van der Waals surface area (Å²) in [6.07, 6.45) is 4.97. The molecular weight excluding hydrogens is 230 g/mol. The van der Waals surface area contributed by atoms with Gasteiger partial charge in [0.1, 0.15) is 6.04 Å². The maximum absolute atomic E-state index is 11.7. The van der Waals surface area contributed by atoms with Gasteiger partial charge in [0.2, 0.25) is 11.8 Å². The molecule has 0 aromatic carbocycles. The zero-order valence-electron chi connectivity index (χ0n) is 11.4. The summed E-state index contributed by atoms with van der Waals surface area (Å²) in [7, 11) is 0. The molecule has 1 aliphatic heterocycles. The van der Waals surface area contributed by atoms with Crippen LogP contribution >= 0.6 is 0 Å². The second-order valence-electron chi connectivity index (χ2n) is 4.87. The van der Waals surface area contributed by atoms with E-state index in [2.05, 4.69) is 16.0 Å². The van der Waals surface area contributed by atoms with Crippen molar-refractivity contribution in [3.8, 4) is 0 Å². The SMILES string of the molecule is CCNC(=O)C(C)NC(=O)CCC1CCCCN1. The maximum atomic E-state index is 11.7. The van der Waals surface area contributed by atoms with Crippen LogP contribution in [0.3, 0.4) is 0 Å². The van der Waals surface area contributed by atoms with Gasteiger partial charge in [-0.2, -0.15) is 0 Å². The van der Waals surface area contributed by atoms with Crippen LogP contribution in [0.4, 0.5) is 0 Å². The molecule has 0 aromatic heterocycles. The van der Waals surface area contributed by atoms with E-state index in [-0.39, 0.29) is 11.8 Å². The van der Waals surface area contributed by atoms with Crippen LogP contribution in [0, 0.1) is 0 Å². The maximum Gasteiger partial charge on any atom is 0.242 e. The first-order valence-corrected chi connectivity index (χ1v) is 6.94. The number of hydrogen-bond donors (Lipinski definition) is 3. The molecule has 0 aliphatic carbocycles. The van der Waals surface area contributed by atoms with Gasteiger partial charge in [-0.25, -0.2) is 0 Å². The average molecular weight is 255 g/mol. The second kappa shape index (κ2) is 8.08. The van der Waals surface area contributed by atoms with Crippen molar-refractivity contribution in [3.05, 3.63) is 0 Å². The summed E-state index contributed by atoms with van der Waals surface area (Å²) in [5.41, 5.74) is 0. The Morgan fingerprint density at radius 2 is 2.17 bits per heavy atom. The number of nitrogens with one attached hydrogen (secondary N) is 3. The molecule has 3 N–H and O–H groups in total. The predicted molar refractivity (Wildman–Crippen MR) is 71.2 cm³/mol. The summed E-state index contributed by atoms with van der Waals surface area (Å²) in [6, 6.07) is 0.0149. The van der Waals surface area contributed by atoms with Crippen molar-refractivity contribution in [2.45, 2.75) is 58.0 Å². The Morgan fingerprint density at radius 1 is 1.39 bits per heavy atom. The normalized spacial score (nSPS) is 21.1. The van der Waals surface area contributed by atoms with Crippen molar-refractivity contribution < 1.29 is 9.59 Å². The third-order valence-electron chi connectivity index (χ3n) is 3.25. The predicted octanol–water partition coefficient (Wildman–Crippen LogP) is 0.549. The minimum atomic E-state index is -0.447. The highest BCUT2D eigenvalue weighted by Crippen LogP contribution is 2.11. The average Bonchev–Trinajstić information content (AvgIpc) is 2.38. The Labute approximate surface area is 109 Å². The fourth-order valence-electron chi connectivity index (χ4n) is 2.18. The van der Waals surface area contributed by atoms with E-state index in [9.17, 15) is 9.59 Å². The highest BCUT2D eigenvalue weighted by molar-refractivity contribution is 5.87. The van der Waals surface area contributed by atoms with E-state index in [1.165, 1.54) is 12.8 Å². The van der Waals surface area contributed by atoms with Crippen molar-refractivity contribution in [1.29, 1.82) is 0 Å². The first-order valence-electron chi connectivity index (χ1n) is 6.94. The van der Waals surface area contributed by atoms with Gasteiger partial charge in [0.05, 0.1) is 0 Å². The monoisotopic (exact) mass is 255 g/mol. The lowest BCUT2D eigenvalue weighted by molar-refractivity contribution is -0.128. The van der Waals surface area contributed by atoms with Crippen LogP contribution in [-0.2, 0) is 9.59 Å². The minimum absolute atomic E-state index is 0.0406. The summed E-state index contributed by atoms with van der Waals surface area (Å²) >= 11 is 0. The molecule has 1 fully saturated rings. The molecule has 1 saturated heterocycles. The van der Waals surface area contributed by atoms with Crippen molar-refractivity contribution in [2.75, 3.05) is 13.1 Å². The highest BCUT2D eigenvalue weighted by atomic mass is 16.2. The van der Waals surface area contributed by atoms with Gasteiger partial charge in [0, 0.05) is 19.0 Å². The lowest BCUT2D eigenvalue weighted by atomic mass is 10.0. The van der Waals surface area contributed by atoms with Gasteiger partial charge in [0.15, 0.2) is 0 Å². The fourth-order valence-corrected chi connectivity index (χ4v) is 2.18. The summed E-state index contributed by atoms with van der Waals surface area (Å²) in [5.74, 6) is -0.164. The number of likely N-dealkylation sites (N-methyl/N-ethyl adjacent to an activating group) is 1. The van der Waals surface area contributed by atoms with Crippen molar-refractivity contribution in [3.63, 3.8) is 0 Å². The molecule has 2 unspecified atom stereocenters. The van der Waals surface area contributed by atoms with Crippen LogP contribution in [-0.4, -0.2) is 37.0 Å². The number of carbonyl (C=O) groups is 2. The standard InChI is InChI=1S/C13H25N3O2/c1-3-14-13(18)10(2)16-12(17)8-7-11-6-4-5-9-15-11/h10-11,15H,3-9H2,1-2H3,(H,14,18)(H,16,17). The number of piperidine rings is 1. The molecule has 18 heavy (non-hydrogen) atoms. The number of rotatable bonds is 6. The van der Waals surface area contributed by atoms with Gasteiger partial charge in [-0.1, -0.05) is 6.42 Å². The second-order valence-corrected chi connectivity index (χ2v) is 4.87. The molecule has 1 rings (SSSR count). The van der Waals surface area contributed by atoms with E-state index in [0.29, 0.717) is 19.0 Å². The molecule has 1 aliphatic rings. The molecule has 2 atom stereocenters. The Kier molecular flexibility index (Phi) is 6.72. The molecule has 0 aromatic rings. The van der Waals surface area contributed by atoms with E-state index in [1.807, 2.05) is 6.92 Å². The molecule has 5 heteroatoms. The van der Waals surface area contributed by atoms with Gasteiger partial charge in [0.25, 0.3) is 0 Å². The molecule has 0 bridgehead atoms. The number of hydrogen-bond acceptors (Lipinski definition) is 3. The number of carbonyl (C=O) groups excluding carboxylic acids is 2. The van der Waals surface area contributed by atoms with Gasteiger partial charge < -0.3 is 16.0 Å². The summed E-state index contributed by atoms with van der Waals surface area (Å²) in [6.45, 7) is 5.22. The first kappa shape index (κ1) is 15.0. The minimum Gasteiger partial charge on any atom is -0.355 e. The Bertz CT molecular complexity index is 275. The van der Waals surface area contributed by atoms with E-state index in [4.69, 9.17) is 0 Å². The van der Waals surface area contributed by atoms with E-state index in [1.54, 1.807) is 6.92 Å². The quantitative estimate of drug-likeness (QED) is 0.649. The zero-order valence-corrected chi connectivity index (χ0v) is 11.4. The largest absolute Gasteiger partial charge is 0.355 e. The Balaban J connectivity index is 2.18. The molecule has 0 saturated carbocycles. The van der Waals surface area contributed by atoms with Crippen LogP contribution in [0.15, 0.2) is 0 Å². The third kappa shape index (κ3) is 5.49. The molecule has 104 valence electrons. The summed E-state index contributed by atoms with van der Waals surface area (Å²) in [5, 5.41) is 8.83. The van der Waals surface area contributed by atoms with E-state index < -0.39 is 6.04 Å². The summed E-state index contributed by atoms with van der Waals surface area (Å²) < 4.78 is 0. The number of amides is 2. The first-order chi connectivity index (χ1) is 8.63. The Morgan fingerprint density at radius 3 is 2.78 bits per heavy atom. The molecular formula is C13H25N3O2. The molecule has 1 heterocycles. The fraction of sp³-hybridized carbons (Fsp3) is 0.846. The molecule has 0 spiro atoms. The van der Waals surface area contributed by atoms with Crippen molar-refractivity contribution >= 4 is 11.8 Å². The lowest BCUT2D eigenvalue weighted by Gasteiger charge is -2.23. The van der Waals surface area contributed by atoms with Crippen molar-refractivity contribution in [1.82, 2.24) is 16.0 Å². The molecule has 2 amide bonds. The molecule has 5 nitrogen and oxygen atoms in total. The van der Waals surface area contributed by atoms with Crippen LogP contribution in [0.5, 0.6) is 0 Å². The van der Waals surface area contributed by atoms with E-state index >= 15 is 0 Å². The van der Waals surface area contributed by atoms with Crippen LogP contribution in [0.2, 0.25) is 0 Å². The molecule has 0 radical (unpaired) electrons. The van der Waals surface area contributed by atoms with Gasteiger partial charge in [-0.15, -0.1) is 0 Å². The highest BCUT2D eigenvalue weighted by Gasteiger charge is 2.17. The van der Waals surface area contributed by atoms with Gasteiger partial charge in [-0.05, 0) is 39.7 Å². The van der Waals surface area contributed by atoms with Crippen LogP contribution < -0.4 is 16.0 Å². The van der Waals surface area contributed by atoms with Gasteiger partial charge >= 0.3 is 0 Å².